The lowest BCUT2D eigenvalue weighted by Crippen LogP contribution is -2.49. The second kappa shape index (κ2) is 13.4. The molecule has 168 valence electrons. The van der Waals surface area contributed by atoms with Gasteiger partial charge in [-0.25, -0.2) is 4.39 Å². The largest absolute Gasteiger partial charge is 0.354 e. The summed E-state index contributed by atoms with van der Waals surface area (Å²) in [7, 11) is 0. The smallest absolute Gasteiger partial charge is 0.242 e. The van der Waals surface area contributed by atoms with Gasteiger partial charge in [-0.05, 0) is 48.2 Å². The van der Waals surface area contributed by atoms with Crippen LogP contribution in [0.4, 0.5) is 4.39 Å². The molecule has 2 amide bonds. The molecule has 2 rings (SSSR count). The van der Waals surface area contributed by atoms with Gasteiger partial charge in [0.25, 0.3) is 0 Å². The topological polar surface area (TPSA) is 49.4 Å². The molecule has 0 heterocycles. The molecule has 31 heavy (non-hydrogen) atoms. The van der Waals surface area contributed by atoms with E-state index in [2.05, 4.69) is 12.2 Å². The molecule has 0 fully saturated rings. The second-order valence-electron chi connectivity index (χ2n) is 7.34. The van der Waals surface area contributed by atoms with Crippen molar-refractivity contribution in [3.8, 4) is 0 Å². The maximum atomic E-state index is 13.3. The molecule has 0 radical (unpaired) electrons. The molecule has 0 bridgehead atoms. The van der Waals surface area contributed by atoms with Crippen LogP contribution in [0.15, 0.2) is 48.5 Å². The number of nitrogens with one attached hydrogen (secondary N) is 1. The molecule has 1 N–H and O–H groups in total. The SMILES string of the molecule is CCCCNC(=O)C(CC)N(Cc1ccc(F)cc1)C(=O)CSCc1ccc(Cl)cc1. The zero-order valence-electron chi connectivity index (χ0n) is 18.1. The van der Waals surface area contributed by atoms with Gasteiger partial charge in [0, 0.05) is 23.9 Å². The highest BCUT2D eigenvalue weighted by atomic mass is 35.5. The van der Waals surface area contributed by atoms with E-state index in [4.69, 9.17) is 11.6 Å². The second-order valence-corrected chi connectivity index (χ2v) is 8.76. The van der Waals surface area contributed by atoms with Gasteiger partial charge in [0.15, 0.2) is 0 Å². The summed E-state index contributed by atoms with van der Waals surface area (Å²) in [5, 5.41) is 3.62. The van der Waals surface area contributed by atoms with Gasteiger partial charge in [-0.1, -0.05) is 56.1 Å². The summed E-state index contributed by atoms with van der Waals surface area (Å²) in [5.41, 5.74) is 1.87. The third kappa shape index (κ3) is 8.54. The molecule has 1 unspecified atom stereocenters. The fourth-order valence-corrected chi connectivity index (χ4v) is 4.13. The van der Waals surface area contributed by atoms with Gasteiger partial charge in [0.2, 0.25) is 11.8 Å². The standard InChI is InChI=1S/C24H30ClFN2O2S/c1-3-5-14-27-24(30)22(4-2)28(15-18-8-12-21(26)13-9-18)23(29)17-31-16-19-6-10-20(25)11-7-19/h6-13,22H,3-5,14-17H2,1-2H3,(H,27,30). The van der Waals surface area contributed by atoms with Gasteiger partial charge in [-0.3, -0.25) is 9.59 Å². The molecule has 2 aromatic carbocycles. The molecule has 0 aliphatic heterocycles. The van der Waals surface area contributed by atoms with Crippen molar-refractivity contribution in [1.82, 2.24) is 10.2 Å². The predicted molar refractivity (Wildman–Crippen MR) is 127 cm³/mol. The molecular weight excluding hydrogens is 435 g/mol. The number of thioether (sulfide) groups is 1. The Balaban J connectivity index is 2.08. The maximum absolute atomic E-state index is 13.3. The van der Waals surface area contributed by atoms with E-state index < -0.39 is 6.04 Å². The summed E-state index contributed by atoms with van der Waals surface area (Å²) in [6, 6.07) is 13.0. The first-order chi connectivity index (χ1) is 14.9. The molecule has 0 saturated carbocycles. The monoisotopic (exact) mass is 464 g/mol. The van der Waals surface area contributed by atoms with Crippen LogP contribution in [-0.4, -0.2) is 35.1 Å². The van der Waals surface area contributed by atoms with Gasteiger partial charge in [-0.2, -0.15) is 0 Å². The number of amides is 2. The fourth-order valence-electron chi connectivity index (χ4n) is 3.13. The number of rotatable bonds is 12. The van der Waals surface area contributed by atoms with Gasteiger partial charge in [-0.15, -0.1) is 11.8 Å². The molecule has 0 aliphatic carbocycles. The Bertz CT molecular complexity index is 830. The highest BCUT2D eigenvalue weighted by Gasteiger charge is 2.28. The van der Waals surface area contributed by atoms with Crippen LogP contribution < -0.4 is 5.32 Å². The van der Waals surface area contributed by atoms with Gasteiger partial charge >= 0.3 is 0 Å². The van der Waals surface area contributed by atoms with Gasteiger partial charge in [0.05, 0.1) is 5.75 Å². The first-order valence-electron chi connectivity index (χ1n) is 10.6. The third-order valence-corrected chi connectivity index (χ3v) is 6.13. The Morgan fingerprint density at radius 2 is 1.71 bits per heavy atom. The highest BCUT2D eigenvalue weighted by Crippen LogP contribution is 2.19. The van der Waals surface area contributed by atoms with E-state index in [9.17, 15) is 14.0 Å². The first-order valence-corrected chi connectivity index (χ1v) is 12.1. The Morgan fingerprint density at radius 1 is 1.06 bits per heavy atom. The van der Waals surface area contributed by atoms with E-state index in [0.29, 0.717) is 23.7 Å². The van der Waals surface area contributed by atoms with E-state index in [1.165, 1.54) is 23.9 Å². The lowest BCUT2D eigenvalue weighted by molar-refractivity contribution is -0.139. The first kappa shape index (κ1) is 25.2. The van der Waals surface area contributed by atoms with Crippen molar-refractivity contribution >= 4 is 35.2 Å². The van der Waals surface area contributed by atoms with Crippen molar-refractivity contribution in [2.45, 2.75) is 51.4 Å². The summed E-state index contributed by atoms with van der Waals surface area (Å²) >= 11 is 7.42. The molecule has 2 aromatic rings. The maximum Gasteiger partial charge on any atom is 0.242 e. The highest BCUT2D eigenvalue weighted by molar-refractivity contribution is 7.99. The minimum Gasteiger partial charge on any atom is -0.354 e. The van der Waals surface area contributed by atoms with Crippen molar-refractivity contribution in [1.29, 1.82) is 0 Å². The minimum atomic E-state index is -0.564. The van der Waals surface area contributed by atoms with Gasteiger partial charge in [0.1, 0.15) is 11.9 Å². The minimum absolute atomic E-state index is 0.110. The lowest BCUT2D eigenvalue weighted by atomic mass is 10.1. The molecule has 1 atom stereocenters. The molecule has 0 aromatic heterocycles. The van der Waals surface area contributed by atoms with E-state index in [0.717, 1.165) is 24.0 Å². The summed E-state index contributed by atoms with van der Waals surface area (Å²) in [4.78, 5) is 27.5. The number of hydrogen-bond acceptors (Lipinski definition) is 3. The van der Waals surface area contributed by atoms with Crippen LogP contribution >= 0.6 is 23.4 Å². The number of carbonyl (C=O) groups excluding carboxylic acids is 2. The Labute approximate surface area is 193 Å². The fraction of sp³-hybridized carbons (Fsp3) is 0.417. The number of carbonyl (C=O) groups is 2. The van der Waals surface area contributed by atoms with Crippen LogP contribution in [-0.2, 0) is 21.9 Å². The summed E-state index contributed by atoms with van der Waals surface area (Å²) in [5.74, 6) is 0.342. The van der Waals surface area contributed by atoms with Crippen LogP contribution in [0.5, 0.6) is 0 Å². The van der Waals surface area contributed by atoms with Crippen molar-refractivity contribution in [3.63, 3.8) is 0 Å². The third-order valence-electron chi connectivity index (χ3n) is 4.89. The molecule has 0 aliphatic rings. The molecule has 7 heteroatoms. The van der Waals surface area contributed by atoms with Gasteiger partial charge < -0.3 is 10.2 Å². The summed E-state index contributed by atoms with van der Waals surface area (Å²) < 4.78 is 13.3. The predicted octanol–water partition coefficient (Wildman–Crippen LogP) is 5.44. The van der Waals surface area contributed by atoms with E-state index in [1.807, 2.05) is 31.2 Å². The number of unbranched alkanes of at least 4 members (excludes halogenated alkanes) is 1. The zero-order valence-corrected chi connectivity index (χ0v) is 19.6. The average molecular weight is 465 g/mol. The molecule has 0 saturated heterocycles. The molecular formula is C24H30ClFN2O2S. The number of hydrogen-bond donors (Lipinski definition) is 1. The number of benzene rings is 2. The zero-order chi connectivity index (χ0) is 22.6. The number of nitrogens with zero attached hydrogens (tertiary/aromatic N) is 1. The Morgan fingerprint density at radius 3 is 2.32 bits per heavy atom. The average Bonchev–Trinajstić information content (AvgIpc) is 2.76. The summed E-state index contributed by atoms with van der Waals surface area (Å²) in [6.45, 7) is 4.82. The van der Waals surface area contributed by atoms with Crippen LogP contribution in [0.2, 0.25) is 5.02 Å². The summed E-state index contributed by atoms with van der Waals surface area (Å²) in [6.07, 6.45) is 2.38. The van der Waals surface area contributed by atoms with E-state index in [1.54, 1.807) is 17.0 Å². The van der Waals surface area contributed by atoms with Crippen LogP contribution in [0, 0.1) is 5.82 Å². The van der Waals surface area contributed by atoms with Crippen molar-refractivity contribution in [3.05, 3.63) is 70.5 Å². The van der Waals surface area contributed by atoms with Crippen molar-refractivity contribution < 1.29 is 14.0 Å². The quantitative estimate of drug-likeness (QED) is 0.426. The number of halogens is 2. The Kier molecular flexibility index (Phi) is 10.9. The Hall–Kier alpha value is -2.05. The van der Waals surface area contributed by atoms with Crippen molar-refractivity contribution in [2.24, 2.45) is 0 Å². The van der Waals surface area contributed by atoms with E-state index >= 15 is 0 Å². The van der Waals surface area contributed by atoms with Crippen LogP contribution in [0.3, 0.4) is 0 Å². The van der Waals surface area contributed by atoms with Crippen LogP contribution in [0.25, 0.3) is 0 Å². The molecule has 0 spiro atoms. The molecule has 4 nitrogen and oxygen atoms in total. The lowest BCUT2D eigenvalue weighted by Gasteiger charge is -2.30. The van der Waals surface area contributed by atoms with Crippen molar-refractivity contribution in [2.75, 3.05) is 12.3 Å². The normalized spacial score (nSPS) is 11.7. The van der Waals surface area contributed by atoms with Crippen LogP contribution in [0.1, 0.15) is 44.2 Å². The van der Waals surface area contributed by atoms with E-state index in [-0.39, 0.29) is 29.9 Å².